The fraction of sp³-hybridized carbons (Fsp3) is 0.158. The maximum absolute atomic E-state index is 14.7. The standard InChI is InChI=1S/C19H15FN4O2S/c1-11(25)23-15-10-6-4-8-13(15)16-17(26)21-19(27-2)22-24(16)18(23)12-7-3-5-9-14(12)20/h3-10,18H,1-2H3/p+1/t18-/m0/s1. The lowest BCUT2D eigenvalue weighted by atomic mass is 10.0. The molecular weight excluding hydrogens is 367 g/mol. The Hall–Kier alpha value is -3.00. The van der Waals surface area contributed by atoms with E-state index in [0.29, 0.717) is 16.4 Å². The number of anilines is 1. The number of nitrogens with one attached hydrogen (secondary N) is 1. The molecule has 1 aliphatic heterocycles. The van der Waals surface area contributed by atoms with Crippen LogP contribution in [0.3, 0.4) is 0 Å². The lowest BCUT2D eigenvalue weighted by molar-refractivity contribution is -0.763. The average Bonchev–Trinajstić information content (AvgIpc) is 2.66. The number of fused-ring (bicyclic) bond motifs is 3. The highest BCUT2D eigenvalue weighted by Crippen LogP contribution is 2.37. The van der Waals surface area contributed by atoms with Crippen molar-refractivity contribution in [2.75, 3.05) is 11.2 Å². The number of hydrogen-bond donors (Lipinski definition) is 1. The van der Waals surface area contributed by atoms with Crippen molar-refractivity contribution in [2.24, 2.45) is 0 Å². The minimum absolute atomic E-state index is 0.263. The van der Waals surface area contributed by atoms with Crippen LogP contribution in [0, 0.1) is 5.82 Å². The quantitative estimate of drug-likeness (QED) is 0.545. The number of halogens is 1. The highest BCUT2D eigenvalue weighted by atomic mass is 32.2. The van der Waals surface area contributed by atoms with Crippen molar-refractivity contribution < 1.29 is 13.9 Å². The zero-order valence-electron chi connectivity index (χ0n) is 14.6. The van der Waals surface area contributed by atoms with Gasteiger partial charge in [-0.1, -0.05) is 36.0 Å². The van der Waals surface area contributed by atoms with Crippen LogP contribution >= 0.6 is 11.8 Å². The van der Waals surface area contributed by atoms with Crippen molar-refractivity contribution in [3.63, 3.8) is 0 Å². The Morgan fingerprint density at radius 3 is 2.63 bits per heavy atom. The van der Waals surface area contributed by atoms with Crippen LogP contribution in [0.2, 0.25) is 0 Å². The fourth-order valence-corrected chi connectivity index (χ4v) is 3.73. The van der Waals surface area contributed by atoms with Gasteiger partial charge in [0.1, 0.15) is 5.82 Å². The van der Waals surface area contributed by atoms with E-state index in [1.54, 1.807) is 48.7 Å². The molecule has 27 heavy (non-hydrogen) atoms. The van der Waals surface area contributed by atoms with Crippen LogP contribution < -0.4 is 15.1 Å². The highest BCUT2D eigenvalue weighted by Gasteiger charge is 2.45. The van der Waals surface area contributed by atoms with Gasteiger partial charge in [-0.15, -0.1) is 0 Å². The van der Waals surface area contributed by atoms with Crippen LogP contribution in [0.25, 0.3) is 11.3 Å². The summed E-state index contributed by atoms with van der Waals surface area (Å²) in [5.41, 5.74) is 1.32. The van der Waals surface area contributed by atoms with Crippen LogP contribution in [0.4, 0.5) is 10.1 Å². The van der Waals surface area contributed by atoms with E-state index in [4.69, 9.17) is 0 Å². The van der Waals surface area contributed by atoms with Gasteiger partial charge in [0.05, 0.1) is 16.8 Å². The molecule has 1 N–H and O–H groups in total. The molecule has 0 saturated heterocycles. The summed E-state index contributed by atoms with van der Waals surface area (Å²) in [5, 5.41) is 4.87. The molecule has 2 aromatic carbocycles. The molecule has 3 aromatic rings. The minimum atomic E-state index is -0.901. The molecule has 0 unspecified atom stereocenters. The first-order valence-electron chi connectivity index (χ1n) is 8.26. The molecule has 0 radical (unpaired) electrons. The Bertz CT molecular complexity index is 1110. The molecule has 8 heteroatoms. The summed E-state index contributed by atoms with van der Waals surface area (Å²) in [6.45, 7) is 1.42. The van der Waals surface area contributed by atoms with Crippen LogP contribution in [-0.4, -0.2) is 22.2 Å². The van der Waals surface area contributed by atoms with Gasteiger partial charge in [-0.25, -0.2) is 9.29 Å². The molecule has 1 amide bonds. The van der Waals surface area contributed by atoms with Crippen molar-refractivity contribution in [3.8, 4) is 11.3 Å². The fourth-order valence-electron chi connectivity index (χ4n) is 3.37. The molecule has 2 heterocycles. The van der Waals surface area contributed by atoms with Gasteiger partial charge in [-0.05, 0) is 35.2 Å². The third-order valence-electron chi connectivity index (χ3n) is 4.47. The monoisotopic (exact) mass is 383 g/mol. The number of nitrogens with zero attached hydrogens (tertiary/aromatic N) is 3. The van der Waals surface area contributed by atoms with E-state index < -0.39 is 12.0 Å². The van der Waals surface area contributed by atoms with Crippen molar-refractivity contribution in [2.45, 2.75) is 18.2 Å². The second-order valence-corrected chi connectivity index (χ2v) is 6.85. The van der Waals surface area contributed by atoms with E-state index in [0.717, 1.165) is 0 Å². The Balaban J connectivity index is 2.12. The first-order chi connectivity index (χ1) is 13.0. The molecule has 1 atom stereocenters. The number of benzene rings is 2. The van der Waals surface area contributed by atoms with Crippen LogP contribution in [-0.2, 0) is 4.79 Å². The number of aromatic amines is 1. The molecule has 6 nitrogen and oxygen atoms in total. The van der Waals surface area contributed by atoms with Gasteiger partial charge in [0, 0.05) is 12.0 Å². The largest absolute Gasteiger partial charge is 0.325 e. The molecule has 0 bridgehead atoms. The van der Waals surface area contributed by atoms with E-state index in [9.17, 15) is 14.0 Å². The summed E-state index contributed by atoms with van der Waals surface area (Å²) in [4.78, 5) is 29.6. The summed E-state index contributed by atoms with van der Waals surface area (Å²) >= 11 is 1.26. The van der Waals surface area contributed by atoms with Gasteiger partial charge in [0.25, 0.3) is 6.17 Å². The van der Waals surface area contributed by atoms with Gasteiger partial charge in [-0.2, -0.15) is 0 Å². The Labute approximate surface area is 158 Å². The Morgan fingerprint density at radius 1 is 1.22 bits per heavy atom. The Kier molecular flexibility index (Phi) is 4.27. The van der Waals surface area contributed by atoms with E-state index in [2.05, 4.69) is 10.1 Å². The summed E-state index contributed by atoms with van der Waals surface area (Å²) < 4.78 is 16.1. The number of aromatic nitrogens is 3. The number of thioether (sulfide) groups is 1. The summed E-state index contributed by atoms with van der Waals surface area (Å²) in [6.07, 6.45) is 0.879. The van der Waals surface area contributed by atoms with Crippen molar-refractivity contribution in [1.29, 1.82) is 0 Å². The maximum atomic E-state index is 14.7. The first-order valence-corrected chi connectivity index (χ1v) is 9.49. The van der Waals surface area contributed by atoms with E-state index >= 15 is 0 Å². The van der Waals surface area contributed by atoms with Crippen molar-refractivity contribution >= 4 is 23.4 Å². The van der Waals surface area contributed by atoms with E-state index in [1.807, 2.05) is 0 Å². The SMILES string of the molecule is CSc1n[n+]2c(c(=O)[nH]1)-c1ccccc1N(C(C)=O)[C@@H]2c1ccccc1F. The average molecular weight is 383 g/mol. The molecule has 1 aromatic heterocycles. The van der Waals surface area contributed by atoms with Crippen molar-refractivity contribution in [3.05, 3.63) is 70.3 Å². The Morgan fingerprint density at radius 2 is 1.93 bits per heavy atom. The van der Waals surface area contributed by atoms with Crippen molar-refractivity contribution in [1.82, 2.24) is 10.1 Å². The number of carbonyl (C=O) groups excluding carboxylic acids is 1. The lowest BCUT2D eigenvalue weighted by Crippen LogP contribution is -2.60. The van der Waals surface area contributed by atoms with Gasteiger partial charge in [0.15, 0.2) is 0 Å². The van der Waals surface area contributed by atoms with Crippen LogP contribution in [0.5, 0.6) is 0 Å². The zero-order valence-corrected chi connectivity index (χ0v) is 15.5. The number of H-pyrrole nitrogens is 1. The maximum Gasteiger partial charge on any atom is 0.325 e. The molecule has 4 rings (SSSR count). The number of para-hydroxylation sites is 1. The summed E-state index contributed by atoms with van der Waals surface area (Å²) in [5.74, 6) is -0.749. The van der Waals surface area contributed by atoms with Gasteiger partial charge in [0.2, 0.25) is 11.1 Å². The van der Waals surface area contributed by atoms with Crippen LogP contribution in [0.1, 0.15) is 18.7 Å². The number of hydrogen-bond acceptors (Lipinski definition) is 4. The second-order valence-electron chi connectivity index (χ2n) is 6.06. The second kappa shape index (κ2) is 6.62. The molecule has 1 aliphatic rings. The van der Waals surface area contributed by atoms with E-state index in [1.165, 1.54) is 34.3 Å². The molecule has 136 valence electrons. The molecule has 0 aliphatic carbocycles. The highest BCUT2D eigenvalue weighted by molar-refractivity contribution is 7.98. The van der Waals surface area contributed by atoms with Gasteiger partial charge >= 0.3 is 11.3 Å². The van der Waals surface area contributed by atoms with E-state index in [-0.39, 0.29) is 22.7 Å². The van der Waals surface area contributed by atoms with Gasteiger partial charge < -0.3 is 0 Å². The molecule has 0 spiro atoms. The summed E-state index contributed by atoms with van der Waals surface area (Å²) in [7, 11) is 0. The predicted octanol–water partition coefficient (Wildman–Crippen LogP) is 2.50. The normalized spacial score (nSPS) is 15.2. The lowest BCUT2D eigenvalue weighted by Gasteiger charge is -2.31. The number of amides is 1. The van der Waals surface area contributed by atoms with Crippen LogP contribution in [0.15, 0.2) is 58.5 Å². The molecule has 0 fully saturated rings. The summed E-state index contributed by atoms with van der Waals surface area (Å²) in [6, 6.07) is 13.3. The number of rotatable bonds is 2. The predicted molar refractivity (Wildman–Crippen MR) is 100.0 cm³/mol. The topological polar surface area (TPSA) is 69.9 Å². The molecule has 0 saturated carbocycles. The minimum Gasteiger partial charge on any atom is -0.291 e. The third-order valence-corrected chi connectivity index (χ3v) is 5.04. The number of carbonyl (C=O) groups is 1. The smallest absolute Gasteiger partial charge is 0.291 e. The third kappa shape index (κ3) is 2.73. The molecular formula is C19H16FN4O2S+. The van der Waals surface area contributed by atoms with Gasteiger partial charge in [-0.3, -0.25) is 14.6 Å². The first kappa shape index (κ1) is 17.4. The zero-order chi connectivity index (χ0) is 19.1.